The van der Waals surface area contributed by atoms with E-state index in [-0.39, 0.29) is 5.91 Å². The molecule has 2 aromatic rings. The molecule has 2 aliphatic heterocycles. The molecule has 144 valence electrons. The Balaban J connectivity index is 1.17. The average Bonchev–Trinajstić information content (AvgIpc) is 3.13. The Hall–Kier alpha value is -1.64. The number of amides is 1. The highest BCUT2D eigenvalue weighted by molar-refractivity contribution is 8.01. The van der Waals surface area contributed by atoms with Crippen molar-refractivity contribution >= 4 is 35.0 Å². The molecule has 2 aliphatic rings. The third kappa shape index (κ3) is 4.62. The number of hydrogen-bond acceptors (Lipinski definition) is 7. The molecule has 0 bridgehead atoms. The van der Waals surface area contributed by atoms with E-state index in [1.807, 2.05) is 34.2 Å². The van der Waals surface area contributed by atoms with Gasteiger partial charge in [-0.25, -0.2) is 9.97 Å². The molecule has 0 aromatic carbocycles. The quantitative estimate of drug-likeness (QED) is 0.692. The zero-order valence-electron chi connectivity index (χ0n) is 15.4. The highest BCUT2D eigenvalue weighted by Gasteiger charge is 2.23. The average molecular weight is 404 g/mol. The number of fused-ring (bicyclic) bond motifs is 1. The molecular formula is C19H25N5OS2. The van der Waals surface area contributed by atoms with E-state index in [9.17, 15) is 4.79 Å². The molecule has 0 spiro atoms. The van der Waals surface area contributed by atoms with Crippen molar-refractivity contribution in [3.8, 4) is 0 Å². The van der Waals surface area contributed by atoms with Crippen LogP contribution in [0.5, 0.6) is 0 Å². The summed E-state index contributed by atoms with van der Waals surface area (Å²) in [5.41, 5.74) is 0.904. The van der Waals surface area contributed by atoms with Gasteiger partial charge in [0.15, 0.2) is 0 Å². The number of nitrogens with zero attached hydrogens (tertiary/aromatic N) is 5. The smallest absolute Gasteiger partial charge is 0.255 e. The van der Waals surface area contributed by atoms with E-state index in [2.05, 4.69) is 19.8 Å². The third-order valence-corrected chi connectivity index (χ3v) is 7.32. The molecular weight excluding hydrogens is 378 g/mol. The number of hydrogen-bond donors (Lipinski definition) is 0. The van der Waals surface area contributed by atoms with Gasteiger partial charge in [-0.05, 0) is 36.9 Å². The van der Waals surface area contributed by atoms with E-state index in [0.29, 0.717) is 0 Å². The summed E-state index contributed by atoms with van der Waals surface area (Å²) < 4.78 is 1.18. The molecule has 1 fully saturated rings. The molecule has 0 saturated carbocycles. The van der Waals surface area contributed by atoms with E-state index in [1.54, 1.807) is 23.7 Å². The van der Waals surface area contributed by atoms with Crippen molar-refractivity contribution in [1.82, 2.24) is 19.8 Å². The fourth-order valence-corrected chi connectivity index (χ4v) is 5.67. The van der Waals surface area contributed by atoms with Crippen LogP contribution >= 0.6 is 23.1 Å². The van der Waals surface area contributed by atoms with Crippen molar-refractivity contribution in [2.24, 2.45) is 0 Å². The largest absolute Gasteiger partial charge is 0.338 e. The van der Waals surface area contributed by atoms with Crippen molar-refractivity contribution in [2.45, 2.75) is 17.1 Å². The van der Waals surface area contributed by atoms with Crippen molar-refractivity contribution < 1.29 is 4.79 Å². The number of thioether (sulfide) groups is 1. The minimum atomic E-state index is 0.215. The number of thiophene rings is 1. The normalized spacial score (nSPS) is 18.4. The number of piperazine rings is 1. The van der Waals surface area contributed by atoms with Crippen LogP contribution in [0.4, 0.5) is 5.95 Å². The van der Waals surface area contributed by atoms with Crippen LogP contribution in [-0.4, -0.2) is 77.2 Å². The summed E-state index contributed by atoms with van der Waals surface area (Å²) in [5, 5.41) is 2.03. The number of carbonyl (C=O) groups excluding carboxylic acids is 1. The first-order valence-electron chi connectivity index (χ1n) is 9.55. The molecule has 2 aromatic heterocycles. The first kappa shape index (κ1) is 18.7. The SMILES string of the molecule is O=C1c2ccsc2SCCN1CCCCN1CCN(c2ncccn2)CC1. The molecule has 0 N–H and O–H groups in total. The van der Waals surface area contributed by atoms with Crippen molar-refractivity contribution in [3.63, 3.8) is 0 Å². The summed E-state index contributed by atoms with van der Waals surface area (Å²) in [6.07, 6.45) is 5.81. The van der Waals surface area contributed by atoms with Gasteiger partial charge in [0.25, 0.3) is 5.91 Å². The lowest BCUT2D eigenvalue weighted by Crippen LogP contribution is -2.47. The van der Waals surface area contributed by atoms with Gasteiger partial charge in [0.2, 0.25) is 5.95 Å². The maximum absolute atomic E-state index is 12.7. The van der Waals surface area contributed by atoms with Gasteiger partial charge >= 0.3 is 0 Å². The zero-order valence-corrected chi connectivity index (χ0v) is 17.1. The number of aromatic nitrogens is 2. The van der Waals surface area contributed by atoms with Crippen LogP contribution in [0.15, 0.2) is 34.1 Å². The first-order chi connectivity index (χ1) is 13.3. The predicted octanol–water partition coefficient (Wildman–Crippen LogP) is 2.69. The fourth-order valence-electron chi connectivity index (χ4n) is 3.56. The van der Waals surface area contributed by atoms with Gasteiger partial charge < -0.3 is 9.80 Å². The van der Waals surface area contributed by atoms with Crippen molar-refractivity contribution in [3.05, 3.63) is 35.5 Å². The van der Waals surface area contributed by atoms with Crippen LogP contribution in [-0.2, 0) is 0 Å². The molecule has 0 atom stereocenters. The Morgan fingerprint density at radius 3 is 2.59 bits per heavy atom. The standard InChI is InChI=1S/C19H25N5OS2/c25-17-16-4-14-26-18(16)27-15-13-23(17)8-2-1-7-22-9-11-24(12-10-22)19-20-5-3-6-21-19/h3-6,14H,1-2,7-13,15H2. The molecule has 1 saturated heterocycles. The predicted molar refractivity (Wildman–Crippen MR) is 111 cm³/mol. The fraction of sp³-hybridized carbons (Fsp3) is 0.526. The third-order valence-electron chi connectivity index (χ3n) is 5.10. The van der Waals surface area contributed by atoms with Crippen LogP contribution in [0.1, 0.15) is 23.2 Å². The van der Waals surface area contributed by atoms with Gasteiger partial charge in [-0.2, -0.15) is 0 Å². The van der Waals surface area contributed by atoms with Gasteiger partial charge in [0, 0.05) is 57.4 Å². The molecule has 0 radical (unpaired) electrons. The molecule has 4 rings (SSSR count). The zero-order chi connectivity index (χ0) is 18.5. The second-order valence-corrected chi connectivity index (χ2v) is 9.13. The second-order valence-electron chi connectivity index (χ2n) is 6.85. The van der Waals surface area contributed by atoms with Gasteiger partial charge in [-0.1, -0.05) is 0 Å². The summed E-state index contributed by atoms with van der Waals surface area (Å²) in [4.78, 5) is 28.1. The van der Waals surface area contributed by atoms with Crippen LogP contribution in [0, 0.1) is 0 Å². The van der Waals surface area contributed by atoms with E-state index >= 15 is 0 Å². The van der Waals surface area contributed by atoms with E-state index in [4.69, 9.17) is 0 Å². The summed E-state index contributed by atoms with van der Waals surface area (Å²) in [7, 11) is 0. The molecule has 8 heteroatoms. The summed E-state index contributed by atoms with van der Waals surface area (Å²) in [6.45, 7) is 6.89. The van der Waals surface area contributed by atoms with Crippen molar-refractivity contribution in [2.75, 3.05) is 56.5 Å². The number of anilines is 1. The number of unbranched alkanes of at least 4 members (excludes halogenated alkanes) is 1. The highest BCUT2D eigenvalue weighted by Crippen LogP contribution is 2.32. The van der Waals surface area contributed by atoms with E-state index < -0.39 is 0 Å². The Kier molecular flexibility index (Phi) is 6.26. The lowest BCUT2D eigenvalue weighted by Gasteiger charge is -2.34. The number of carbonyl (C=O) groups is 1. The van der Waals surface area contributed by atoms with Crippen molar-refractivity contribution in [1.29, 1.82) is 0 Å². The monoisotopic (exact) mass is 403 g/mol. The molecule has 6 nitrogen and oxygen atoms in total. The lowest BCUT2D eigenvalue weighted by molar-refractivity contribution is 0.0761. The lowest BCUT2D eigenvalue weighted by atomic mass is 10.2. The van der Waals surface area contributed by atoms with Gasteiger partial charge in [-0.3, -0.25) is 9.69 Å². The molecule has 27 heavy (non-hydrogen) atoms. The Morgan fingerprint density at radius 2 is 1.78 bits per heavy atom. The summed E-state index contributed by atoms with van der Waals surface area (Å²) in [6, 6.07) is 3.83. The van der Waals surface area contributed by atoms with Crippen LogP contribution < -0.4 is 4.90 Å². The van der Waals surface area contributed by atoms with E-state index in [1.165, 1.54) is 4.21 Å². The second kappa shape index (κ2) is 9.03. The minimum absolute atomic E-state index is 0.215. The maximum Gasteiger partial charge on any atom is 0.255 e. The van der Waals surface area contributed by atoms with Gasteiger partial charge in [-0.15, -0.1) is 23.1 Å². The first-order valence-corrected chi connectivity index (χ1v) is 11.4. The topological polar surface area (TPSA) is 52.6 Å². The van der Waals surface area contributed by atoms with E-state index in [0.717, 1.165) is 75.9 Å². The van der Waals surface area contributed by atoms with Gasteiger partial charge in [0.05, 0.1) is 9.77 Å². The number of rotatable bonds is 6. The highest BCUT2D eigenvalue weighted by atomic mass is 32.2. The Labute approximate surface area is 168 Å². The molecule has 0 unspecified atom stereocenters. The molecule has 1 amide bonds. The van der Waals surface area contributed by atoms with Gasteiger partial charge in [0.1, 0.15) is 0 Å². The van der Waals surface area contributed by atoms with Crippen LogP contribution in [0.25, 0.3) is 0 Å². The summed E-state index contributed by atoms with van der Waals surface area (Å²) >= 11 is 3.50. The molecule has 4 heterocycles. The summed E-state index contributed by atoms with van der Waals surface area (Å²) in [5.74, 6) is 2.05. The van der Waals surface area contributed by atoms with Crippen LogP contribution in [0.3, 0.4) is 0 Å². The Bertz CT molecular complexity index is 746. The maximum atomic E-state index is 12.7. The van der Waals surface area contributed by atoms with Crippen LogP contribution in [0.2, 0.25) is 0 Å². The minimum Gasteiger partial charge on any atom is -0.338 e. The Morgan fingerprint density at radius 1 is 1.00 bits per heavy atom. The molecule has 0 aliphatic carbocycles.